The lowest BCUT2D eigenvalue weighted by Gasteiger charge is -2.27. The Morgan fingerprint density at radius 2 is 2.04 bits per heavy atom. The summed E-state index contributed by atoms with van der Waals surface area (Å²) in [6.45, 7) is 8.24. The molecule has 1 saturated heterocycles. The number of carbonyl (C=O) groups is 2. The van der Waals surface area contributed by atoms with Crippen LogP contribution in [0.5, 0.6) is 0 Å². The first-order valence-electron chi connectivity index (χ1n) is 9.51. The second kappa shape index (κ2) is 6.55. The van der Waals surface area contributed by atoms with E-state index in [2.05, 4.69) is 15.6 Å². The maximum absolute atomic E-state index is 12.3. The molecule has 2 aromatic heterocycles. The van der Waals surface area contributed by atoms with Gasteiger partial charge in [0.05, 0.1) is 6.20 Å². The minimum absolute atomic E-state index is 0.0288. The van der Waals surface area contributed by atoms with Gasteiger partial charge in [0.15, 0.2) is 11.3 Å². The molecule has 0 aromatic carbocycles. The van der Waals surface area contributed by atoms with E-state index >= 15 is 0 Å². The highest BCUT2D eigenvalue weighted by molar-refractivity contribution is 5.95. The number of hydrogen-bond acceptors (Lipinski definition) is 4. The molecule has 1 aliphatic carbocycles. The molecule has 7 heteroatoms. The molecular formula is C20H26N4O3. The minimum atomic E-state index is -0.208. The van der Waals surface area contributed by atoms with Crippen LogP contribution in [0.3, 0.4) is 0 Å². The van der Waals surface area contributed by atoms with Crippen molar-refractivity contribution in [3.8, 4) is 0 Å². The summed E-state index contributed by atoms with van der Waals surface area (Å²) in [6.07, 6.45) is 4.23. The molecule has 0 radical (unpaired) electrons. The van der Waals surface area contributed by atoms with Gasteiger partial charge in [0.25, 0.3) is 5.91 Å². The molecule has 3 heterocycles. The second-order valence-electron chi connectivity index (χ2n) is 8.65. The van der Waals surface area contributed by atoms with Crippen LogP contribution in [-0.2, 0) is 0 Å². The van der Waals surface area contributed by atoms with Gasteiger partial charge in [0.2, 0.25) is 0 Å². The van der Waals surface area contributed by atoms with E-state index in [4.69, 9.17) is 4.42 Å². The Bertz CT molecular complexity index is 824. The van der Waals surface area contributed by atoms with E-state index in [9.17, 15) is 9.59 Å². The zero-order chi connectivity index (χ0) is 19.2. The normalized spacial score (nSPS) is 24.0. The predicted octanol–water partition coefficient (Wildman–Crippen LogP) is 2.63. The van der Waals surface area contributed by atoms with Crippen LogP contribution in [0.2, 0.25) is 0 Å². The number of aromatic nitrogens is 1. The van der Waals surface area contributed by atoms with Crippen molar-refractivity contribution < 1.29 is 14.0 Å². The van der Waals surface area contributed by atoms with E-state index in [0.29, 0.717) is 35.6 Å². The molecule has 4 rings (SSSR count). The third-order valence-corrected chi connectivity index (χ3v) is 5.45. The van der Waals surface area contributed by atoms with Gasteiger partial charge in [-0.2, -0.15) is 0 Å². The lowest BCUT2D eigenvalue weighted by molar-refractivity contribution is 0.0926. The number of nitrogens with one attached hydrogen (secondary N) is 2. The molecule has 144 valence electrons. The smallest absolute Gasteiger partial charge is 0.317 e. The Morgan fingerprint density at radius 3 is 2.70 bits per heavy atom. The lowest BCUT2D eigenvalue weighted by Crippen LogP contribution is -2.48. The average molecular weight is 370 g/mol. The fraction of sp³-hybridized carbons (Fsp3) is 0.550. The summed E-state index contributed by atoms with van der Waals surface area (Å²) in [5.41, 5.74) is 0.410. The van der Waals surface area contributed by atoms with Crippen LogP contribution in [0.4, 0.5) is 4.79 Å². The van der Waals surface area contributed by atoms with E-state index in [0.717, 1.165) is 24.9 Å². The summed E-state index contributed by atoms with van der Waals surface area (Å²) in [5, 5.41) is 6.83. The van der Waals surface area contributed by atoms with Crippen LogP contribution < -0.4 is 10.6 Å². The molecule has 27 heavy (non-hydrogen) atoms. The molecule has 2 aromatic rings. The first kappa shape index (κ1) is 17.8. The standard InChI is InChI=1S/C20H26N4O3/c1-20(2,3)23-19(26)24-10-14-13(15(14)11-24)5-7-22-18(25)16-8-12-4-6-21-9-17(12)27-16/h4,6,8-9,13-15H,5,7,10-11H2,1-3H3,(H,22,25)(H,23,26)/t13?,14-,15+. The number of nitrogens with zero attached hydrogens (tertiary/aromatic N) is 2. The van der Waals surface area contributed by atoms with Crippen molar-refractivity contribution >= 4 is 22.9 Å². The Morgan fingerprint density at radius 1 is 1.30 bits per heavy atom. The monoisotopic (exact) mass is 370 g/mol. The second-order valence-corrected chi connectivity index (χ2v) is 8.65. The van der Waals surface area contributed by atoms with Crippen LogP contribution in [0.15, 0.2) is 28.9 Å². The SMILES string of the molecule is CC(C)(C)NC(=O)N1C[C@@H]2C(CCNC(=O)c3cc4ccncc4o3)[C@@H]2C1. The van der Waals surface area contributed by atoms with E-state index in [1.54, 1.807) is 18.5 Å². The molecule has 3 atom stereocenters. The molecule has 1 aliphatic heterocycles. The van der Waals surface area contributed by atoms with Gasteiger partial charge in [0.1, 0.15) is 0 Å². The van der Waals surface area contributed by atoms with Crippen LogP contribution in [0.25, 0.3) is 11.0 Å². The fourth-order valence-corrected chi connectivity index (χ4v) is 4.08. The molecule has 2 fully saturated rings. The van der Waals surface area contributed by atoms with Crippen LogP contribution >= 0.6 is 0 Å². The molecule has 0 bridgehead atoms. The van der Waals surface area contributed by atoms with Crippen molar-refractivity contribution in [2.45, 2.75) is 32.7 Å². The largest absolute Gasteiger partial charge is 0.449 e. The van der Waals surface area contributed by atoms with Gasteiger partial charge in [-0.1, -0.05) is 0 Å². The molecule has 2 aliphatic rings. The number of urea groups is 1. The van der Waals surface area contributed by atoms with Crippen LogP contribution in [0, 0.1) is 17.8 Å². The molecule has 3 amide bonds. The first-order valence-corrected chi connectivity index (χ1v) is 9.51. The molecule has 0 spiro atoms. The highest BCUT2D eigenvalue weighted by atomic mass is 16.3. The van der Waals surface area contributed by atoms with Crippen molar-refractivity contribution in [1.29, 1.82) is 0 Å². The van der Waals surface area contributed by atoms with Crippen molar-refractivity contribution in [2.75, 3.05) is 19.6 Å². The van der Waals surface area contributed by atoms with E-state index in [-0.39, 0.29) is 17.5 Å². The van der Waals surface area contributed by atoms with Gasteiger partial charge in [-0.25, -0.2) is 4.79 Å². The summed E-state index contributed by atoms with van der Waals surface area (Å²) in [4.78, 5) is 30.4. The summed E-state index contributed by atoms with van der Waals surface area (Å²) >= 11 is 0. The Labute approximate surface area is 158 Å². The lowest BCUT2D eigenvalue weighted by atomic mass is 10.1. The highest BCUT2D eigenvalue weighted by Crippen LogP contribution is 2.53. The van der Waals surface area contributed by atoms with Crippen molar-refractivity contribution in [3.05, 3.63) is 30.3 Å². The number of furan rings is 1. The molecule has 1 unspecified atom stereocenters. The minimum Gasteiger partial charge on any atom is -0.449 e. The van der Waals surface area contributed by atoms with Crippen molar-refractivity contribution in [2.24, 2.45) is 17.8 Å². The Hall–Kier alpha value is -2.57. The number of fused-ring (bicyclic) bond motifs is 2. The number of piperidine rings is 1. The Kier molecular flexibility index (Phi) is 4.32. The first-order chi connectivity index (χ1) is 12.8. The van der Waals surface area contributed by atoms with Crippen LogP contribution in [0.1, 0.15) is 37.7 Å². The van der Waals surface area contributed by atoms with Gasteiger partial charge in [0, 0.05) is 36.8 Å². The van der Waals surface area contributed by atoms with E-state index < -0.39 is 0 Å². The highest BCUT2D eigenvalue weighted by Gasteiger charge is 2.56. The topological polar surface area (TPSA) is 87.5 Å². The number of likely N-dealkylation sites (tertiary alicyclic amines) is 1. The summed E-state index contributed by atoms with van der Waals surface area (Å²) in [6, 6.07) is 3.59. The molecule has 1 saturated carbocycles. The fourth-order valence-electron chi connectivity index (χ4n) is 4.08. The zero-order valence-corrected chi connectivity index (χ0v) is 16.0. The summed E-state index contributed by atoms with van der Waals surface area (Å²) < 4.78 is 5.53. The average Bonchev–Trinajstić information content (AvgIpc) is 3.00. The van der Waals surface area contributed by atoms with Crippen LogP contribution in [-0.4, -0.2) is 47.0 Å². The summed E-state index contributed by atoms with van der Waals surface area (Å²) in [7, 11) is 0. The van der Waals surface area contributed by atoms with Crippen molar-refractivity contribution in [1.82, 2.24) is 20.5 Å². The third-order valence-electron chi connectivity index (χ3n) is 5.45. The maximum Gasteiger partial charge on any atom is 0.317 e. The third kappa shape index (κ3) is 3.77. The molecule has 7 nitrogen and oxygen atoms in total. The van der Waals surface area contributed by atoms with Gasteiger partial charge in [-0.15, -0.1) is 0 Å². The number of amides is 3. The predicted molar refractivity (Wildman–Crippen MR) is 101 cm³/mol. The number of carbonyl (C=O) groups excluding carboxylic acids is 2. The van der Waals surface area contributed by atoms with Crippen molar-refractivity contribution in [3.63, 3.8) is 0 Å². The quantitative estimate of drug-likeness (QED) is 0.866. The van der Waals surface area contributed by atoms with E-state index in [1.165, 1.54) is 0 Å². The zero-order valence-electron chi connectivity index (χ0n) is 16.0. The van der Waals surface area contributed by atoms with Gasteiger partial charge >= 0.3 is 6.03 Å². The molecular weight excluding hydrogens is 344 g/mol. The van der Waals surface area contributed by atoms with Gasteiger partial charge in [-0.3, -0.25) is 9.78 Å². The number of rotatable bonds is 4. The van der Waals surface area contributed by atoms with Gasteiger partial charge in [-0.05, 0) is 57.1 Å². The number of pyridine rings is 1. The Balaban J connectivity index is 1.21. The van der Waals surface area contributed by atoms with Gasteiger partial charge < -0.3 is 20.0 Å². The number of hydrogen-bond donors (Lipinski definition) is 2. The summed E-state index contributed by atoms with van der Waals surface area (Å²) in [5.74, 6) is 1.88. The van der Waals surface area contributed by atoms with E-state index in [1.807, 2.05) is 31.7 Å². The maximum atomic E-state index is 12.3. The molecule has 2 N–H and O–H groups in total.